The van der Waals surface area contributed by atoms with Gasteiger partial charge in [0, 0.05) is 0 Å². The molecule has 3 atom stereocenters. The molecule has 0 aliphatic rings. The van der Waals surface area contributed by atoms with Crippen LogP contribution in [0.3, 0.4) is 0 Å². The standard InChI is InChI=1S/C26H28OSi2/c1-10-25(28(6,7)12-3)20(5)27-24-17-16-21-18-23(15-14-22(21)19-24)26(11-2)29(8,9)13-4/h1-4,14-20,25-26H,5-9H3. The molecule has 1 nitrogen and oxygen atoms in total. The van der Waals surface area contributed by atoms with E-state index in [1.807, 2.05) is 25.1 Å². The molecule has 0 aliphatic carbocycles. The molecule has 0 saturated heterocycles. The Morgan fingerprint density at radius 2 is 1.38 bits per heavy atom. The van der Waals surface area contributed by atoms with Crippen LogP contribution in [0.4, 0.5) is 0 Å². The van der Waals surface area contributed by atoms with Gasteiger partial charge in [0.15, 0.2) is 16.1 Å². The summed E-state index contributed by atoms with van der Waals surface area (Å²) in [5.74, 6) is 6.56. The predicted molar refractivity (Wildman–Crippen MR) is 131 cm³/mol. The predicted octanol–water partition coefficient (Wildman–Crippen LogP) is 5.63. The minimum Gasteiger partial charge on any atom is -0.490 e. The summed E-state index contributed by atoms with van der Waals surface area (Å²) in [6, 6.07) is 12.3. The van der Waals surface area contributed by atoms with Crippen molar-refractivity contribution < 1.29 is 4.74 Å². The maximum absolute atomic E-state index is 6.18. The molecule has 146 valence electrons. The molecule has 0 spiro atoms. The lowest BCUT2D eigenvalue weighted by Gasteiger charge is -2.29. The van der Waals surface area contributed by atoms with Gasteiger partial charge in [-0.1, -0.05) is 50.5 Å². The fourth-order valence-electron chi connectivity index (χ4n) is 3.60. The van der Waals surface area contributed by atoms with Crippen LogP contribution in [0, 0.1) is 48.6 Å². The average molecular weight is 413 g/mol. The second-order valence-electron chi connectivity index (χ2n) is 8.57. The van der Waals surface area contributed by atoms with Gasteiger partial charge in [-0.25, -0.2) is 0 Å². The first-order valence-electron chi connectivity index (χ1n) is 9.67. The zero-order valence-corrected chi connectivity index (χ0v) is 19.9. The summed E-state index contributed by atoms with van der Waals surface area (Å²) in [4.78, 5) is 0. The van der Waals surface area contributed by atoms with Gasteiger partial charge in [-0.15, -0.1) is 48.6 Å². The summed E-state index contributed by atoms with van der Waals surface area (Å²) in [5.41, 5.74) is 6.90. The Balaban J connectivity index is 2.33. The van der Waals surface area contributed by atoms with Crippen LogP contribution in [0.25, 0.3) is 10.8 Å². The molecule has 0 amide bonds. The van der Waals surface area contributed by atoms with E-state index in [1.54, 1.807) is 0 Å². The van der Waals surface area contributed by atoms with Gasteiger partial charge >= 0.3 is 0 Å². The van der Waals surface area contributed by atoms with Crippen molar-refractivity contribution in [1.82, 2.24) is 0 Å². The number of ether oxygens (including phenoxy) is 1. The minimum atomic E-state index is -1.99. The van der Waals surface area contributed by atoms with E-state index in [-0.39, 0.29) is 17.2 Å². The molecule has 0 fully saturated rings. The van der Waals surface area contributed by atoms with E-state index in [2.05, 4.69) is 67.3 Å². The van der Waals surface area contributed by atoms with Crippen molar-refractivity contribution in [2.45, 2.75) is 50.3 Å². The second-order valence-corrected chi connectivity index (χ2v) is 17.2. The molecule has 0 heterocycles. The maximum atomic E-state index is 6.18. The van der Waals surface area contributed by atoms with Crippen LogP contribution in [0.1, 0.15) is 18.0 Å². The third-order valence-corrected chi connectivity index (χ3v) is 11.2. The van der Waals surface area contributed by atoms with Gasteiger partial charge in [0.1, 0.15) is 11.9 Å². The quantitative estimate of drug-likeness (QED) is 0.441. The summed E-state index contributed by atoms with van der Waals surface area (Å²) in [5, 5.41) is 2.19. The van der Waals surface area contributed by atoms with E-state index >= 15 is 0 Å². The Hall–Kier alpha value is -2.83. The van der Waals surface area contributed by atoms with Crippen molar-refractivity contribution in [3.05, 3.63) is 42.0 Å². The van der Waals surface area contributed by atoms with Crippen molar-refractivity contribution >= 4 is 26.9 Å². The van der Waals surface area contributed by atoms with E-state index in [4.69, 9.17) is 30.4 Å². The molecule has 0 saturated carbocycles. The number of rotatable bonds is 6. The maximum Gasteiger partial charge on any atom is 0.151 e. The van der Waals surface area contributed by atoms with Crippen LogP contribution in [0.2, 0.25) is 31.7 Å². The summed E-state index contributed by atoms with van der Waals surface area (Å²) in [6.45, 7) is 10.4. The highest BCUT2D eigenvalue weighted by Gasteiger charge is 2.34. The van der Waals surface area contributed by atoms with Crippen molar-refractivity contribution in [3.8, 4) is 54.4 Å². The normalized spacial score (nSPS) is 14.5. The van der Waals surface area contributed by atoms with Gasteiger partial charge < -0.3 is 4.74 Å². The Morgan fingerprint density at radius 3 is 1.93 bits per heavy atom. The highest BCUT2D eigenvalue weighted by Crippen LogP contribution is 2.32. The third-order valence-electron chi connectivity index (χ3n) is 5.55. The number of terminal acetylenes is 4. The molecule has 0 aliphatic heterocycles. The van der Waals surface area contributed by atoms with Crippen LogP contribution in [-0.2, 0) is 0 Å². The van der Waals surface area contributed by atoms with E-state index < -0.39 is 16.1 Å². The first-order chi connectivity index (χ1) is 13.6. The SMILES string of the molecule is C#CC(c1ccc2cc(OC(C)C(C#C)[Si](C)(C)C#C)ccc2c1)[Si](C)(C)C#C. The molecule has 2 aromatic carbocycles. The summed E-state index contributed by atoms with van der Waals surface area (Å²) >= 11 is 0. The van der Waals surface area contributed by atoms with Crippen LogP contribution >= 0.6 is 0 Å². The zero-order valence-electron chi connectivity index (χ0n) is 17.9. The number of fused-ring (bicyclic) bond motifs is 1. The van der Waals surface area contributed by atoms with Gasteiger partial charge in [-0.05, 0) is 35.4 Å². The molecule has 3 unspecified atom stereocenters. The van der Waals surface area contributed by atoms with Gasteiger partial charge in [-0.2, -0.15) is 0 Å². The van der Waals surface area contributed by atoms with Crippen LogP contribution in [0.5, 0.6) is 5.75 Å². The molecule has 0 N–H and O–H groups in total. The lowest BCUT2D eigenvalue weighted by Crippen LogP contribution is -2.38. The first-order valence-corrected chi connectivity index (χ1v) is 15.8. The molecule has 2 aromatic rings. The van der Waals surface area contributed by atoms with Gasteiger partial charge in [0.2, 0.25) is 0 Å². The monoisotopic (exact) mass is 412 g/mol. The number of hydrogen-bond acceptors (Lipinski definition) is 1. The fraction of sp³-hybridized carbons (Fsp3) is 0.308. The Morgan fingerprint density at radius 1 is 0.793 bits per heavy atom. The summed E-state index contributed by atoms with van der Waals surface area (Å²) in [7, 11) is -3.96. The third kappa shape index (κ3) is 4.78. The topological polar surface area (TPSA) is 9.23 Å². The average Bonchev–Trinajstić information content (AvgIpc) is 2.68. The molecule has 3 heteroatoms. The fourth-order valence-corrected chi connectivity index (χ4v) is 7.04. The molecular formula is C26H28OSi2. The van der Waals surface area contributed by atoms with Gasteiger partial charge in [0.25, 0.3) is 0 Å². The van der Waals surface area contributed by atoms with Crippen LogP contribution in [0.15, 0.2) is 36.4 Å². The Labute approximate surface area is 178 Å². The zero-order chi connectivity index (χ0) is 21.8. The van der Waals surface area contributed by atoms with Crippen molar-refractivity contribution in [2.75, 3.05) is 0 Å². The second kappa shape index (κ2) is 8.68. The van der Waals surface area contributed by atoms with Crippen LogP contribution in [-0.4, -0.2) is 22.3 Å². The molecule has 29 heavy (non-hydrogen) atoms. The highest BCUT2D eigenvalue weighted by atomic mass is 28.3. The van der Waals surface area contributed by atoms with E-state index in [1.165, 1.54) is 0 Å². The Kier molecular flexibility index (Phi) is 6.72. The molecule has 2 rings (SSSR count). The number of benzene rings is 2. The summed E-state index contributed by atoms with van der Waals surface area (Å²) < 4.78 is 6.18. The summed E-state index contributed by atoms with van der Waals surface area (Å²) in [6.07, 6.45) is 22.9. The van der Waals surface area contributed by atoms with Crippen molar-refractivity contribution in [2.24, 2.45) is 0 Å². The molecule has 0 aromatic heterocycles. The molecular weight excluding hydrogens is 384 g/mol. The largest absolute Gasteiger partial charge is 0.490 e. The Bertz CT molecular complexity index is 1070. The smallest absolute Gasteiger partial charge is 0.151 e. The van der Waals surface area contributed by atoms with Gasteiger partial charge in [-0.3, -0.25) is 0 Å². The van der Waals surface area contributed by atoms with E-state index in [0.717, 1.165) is 22.1 Å². The van der Waals surface area contributed by atoms with Crippen LogP contribution < -0.4 is 4.74 Å². The highest BCUT2D eigenvalue weighted by molar-refractivity contribution is 6.87. The lowest BCUT2D eigenvalue weighted by atomic mass is 10.0. The van der Waals surface area contributed by atoms with Crippen molar-refractivity contribution in [3.63, 3.8) is 0 Å². The van der Waals surface area contributed by atoms with Gasteiger partial charge in [0.05, 0.1) is 11.1 Å². The van der Waals surface area contributed by atoms with Crippen molar-refractivity contribution in [1.29, 1.82) is 0 Å². The molecule has 0 bridgehead atoms. The van der Waals surface area contributed by atoms with E-state index in [0.29, 0.717) is 0 Å². The molecule has 0 radical (unpaired) electrons. The van der Waals surface area contributed by atoms with E-state index in [9.17, 15) is 0 Å². The first kappa shape index (κ1) is 22.5. The lowest BCUT2D eigenvalue weighted by molar-refractivity contribution is 0.226. The minimum absolute atomic E-state index is 0.0137. The number of hydrogen-bond donors (Lipinski definition) is 0.